The Balaban J connectivity index is 2.51. The van der Waals surface area contributed by atoms with Crippen LogP contribution < -0.4 is 16.0 Å². The lowest BCUT2D eigenvalue weighted by Gasteiger charge is -2.19. The van der Waals surface area contributed by atoms with E-state index in [4.69, 9.17) is 15.3 Å². The highest BCUT2D eigenvalue weighted by Gasteiger charge is 2.20. The first-order valence-electron chi connectivity index (χ1n) is 6.70. The monoisotopic (exact) mass is 308 g/mol. The Morgan fingerprint density at radius 1 is 1.09 bits per heavy atom. The molecule has 0 atom stereocenters. The predicted molar refractivity (Wildman–Crippen MR) is 78.6 cm³/mol. The third kappa shape index (κ3) is 6.85. The smallest absolute Gasteiger partial charge is 0.322 e. The van der Waals surface area contributed by atoms with Crippen molar-refractivity contribution in [2.75, 3.05) is 0 Å². The molecule has 0 unspecified atom stereocenters. The molecule has 0 radical (unpaired) electrons. The van der Waals surface area contributed by atoms with Crippen molar-refractivity contribution in [2.24, 2.45) is 5.84 Å². The molecule has 0 fully saturated rings. The van der Waals surface area contributed by atoms with E-state index in [1.54, 1.807) is 32.9 Å². The maximum Gasteiger partial charge on any atom is 0.322 e. The van der Waals surface area contributed by atoms with Crippen molar-refractivity contribution in [2.45, 2.75) is 39.2 Å². The zero-order valence-electron chi connectivity index (χ0n) is 12.8. The molecule has 0 bridgehead atoms. The Bertz CT molecular complexity index is 546. The highest BCUT2D eigenvalue weighted by molar-refractivity contribution is 5.92. The van der Waals surface area contributed by atoms with Gasteiger partial charge in [0.25, 0.3) is 0 Å². The number of rotatable bonds is 5. The predicted octanol–water partition coefficient (Wildman–Crippen LogP) is 0.856. The van der Waals surface area contributed by atoms with Crippen LogP contribution >= 0.6 is 0 Å². The second-order valence-corrected chi connectivity index (χ2v) is 5.63. The van der Waals surface area contributed by atoms with Crippen LogP contribution in [0, 0.1) is 0 Å². The number of carbonyl (C=O) groups is 3. The second-order valence-electron chi connectivity index (χ2n) is 5.63. The van der Waals surface area contributed by atoms with Gasteiger partial charge >= 0.3 is 11.9 Å². The Labute approximate surface area is 128 Å². The molecule has 7 heteroatoms. The van der Waals surface area contributed by atoms with Gasteiger partial charge in [0.1, 0.15) is 17.8 Å². The quantitative estimate of drug-likeness (QED) is 0.208. The van der Waals surface area contributed by atoms with Crippen LogP contribution in [0.4, 0.5) is 0 Å². The molecule has 0 aliphatic heterocycles. The van der Waals surface area contributed by atoms with Crippen molar-refractivity contribution in [1.29, 1.82) is 0 Å². The largest absolute Gasteiger partial charge is 0.460 e. The van der Waals surface area contributed by atoms with Gasteiger partial charge in [-0.15, -0.1) is 0 Å². The summed E-state index contributed by atoms with van der Waals surface area (Å²) in [5.41, 5.74) is 2.09. The van der Waals surface area contributed by atoms with Gasteiger partial charge in [0.15, 0.2) is 0 Å². The minimum Gasteiger partial charge on any atom is -0.460 e. The Kier molecular flexibility index (Phi) is 6.06. The Hall–Kier alpha value is -2.41. The number of hydrogen-bond acceptors (Lipinski definition) is 6. The summed E-state index contributed by atoms with van der Waals surface area (Å²) in [6, 6.07) is 6.33. The van der Waals surface area contributed by atoms with Crippen LogP contribution in [0.5, 0.6) is 5.75 Å². The van der Waals surface area contributed by atoms with E-state index < -0.39 is 24.0 Å². The molecule has 1 rings (SSSR count). The summed E-state index contributed by atoms with van der Waals surface area (Å²) in [5, 5.41) is 0. The minimum atomic E-state index is -0.707. The van der Waals surface area contributed by atoms with E-state index >= 15 is 0 Å². The van der Waals surface area contributed by atoms with Crippen molar-refractivity contribution in [1.82, 2.24) is 5.43 Å². The maximum atomic E-state index is 11.6. The van der Waals surface area contributed by atoms with E-state index in [0.29, 0.717) is 0 Å². The van der Waals surface area contributed by atoms with Crippen LogP contribution in [0.25, 0.3) is 0 Å². The Morgan fingerprint density at radius 3 is 2.18 bits per heavy atom. The summed E-state index contributed by atoms with van der Waals surface area (Å²) < 4.78 is 10.0. The number of amides is 1. The van der Waals surface area contributed by atoms with Crippen LogP contribution in [0.15, 0.2) is 24.3 Å². The number of nitrogens with two attached hydrogens (primary N) is 1. The number of carbonyl (C=O) groups excluding carboxylic acids is 3. The molecule has 120 valence electrons. The van der Waals surface area contributed by atoms with Crippen LogP contribution in [0.3, 0.4) is 0 Å². The first kappa shape index (κ1) is 17.6. The molecule has 1 aromatic carbocycles. The van der Waals surface area contributed by atoms with Crippen molar-refractivity contribution < 1.29 is 23.9 Å². The van der Waals surface area contributed by atoms with E-state index in [0.717, 1.165) is 5.56 Å². The van der Waals surface area contributed by atoms with Gasteiger partial charge in [0.05, 0.1) is 6.42 Å². The van der Waals surface area contributed by atoms with Gasteiger partial charge in [-0.2, -0.15) is 0 Å². The first-order chi connectivity index (χ1) is 10.2. The molecule has 1 amide bonds. The summed E-state index contributed by atoms with van der Waals surface area (Å²) in [6.07, 6.45) is -0.336. The van der Waals surface area contributed by atoms with Gasteiger partial charge in [-0.25, -0.2) is 5.84 Å². The molecule has 0 aliphatic rings. The molecule has 1 aromatic rings. The lowest BCUT2D eigenvalue weighted by molar-refractivity contribution is -0.158. The SMILES string of the molecule is CC(C)(C)OC(=O)CC(=O)Oc1ccc(CC(=O)NN)cc1. The normalized spacial score (nSPS) is 10.7. The number of hydrazine groups is 1. The van der Waals surface area contributed by atoms with Crippen molar-refractivity contribution in [3.63, 3.8) is 0 Å². The average molecular weight is 308 g/mol. The highest BCUT2D eigenvalue weighted by Crippen LogP contribution is 2.14. The third-order valence-corrected chi connectivity index (χ3v) is 2.39. The molecular weight excluding hydrogens is 288 g/mol. The minimum absolute atomic E-state index is 0.128. The standard InChI is InChI=1S/C15H20N2O5/c1-15(2,3)22-14(20)9-13(19)21-11-6-4-10(5-7-11)8-12(18)17-16/h4-7H,8-9,16H2,1-3H3,(H,17,18). The average Bonchev–Trinajstić information content (AvgIpc) is 2.38. The second kappa shape index (κ2) is 7.56. The molecule has 7 nitrogen and oxygen atoms in total. The summed E-state index contributed by atoms with van der Waals surface area (Å²) in [5.74, 6) is 3.60. The topological polar surface area (TPSA) is 108 Å². The van der Waals surface area contributed by atoms with E-state index in [1.165, 1.54) is 12.1 Å². The molecule has 0 heterocycles. The number of hydrogen-bond donors (Lipinski definition) is 2. The summed E-state index contributed by atoms with van der Waals surface area (Å²) >= 11 is 0. The fourth-order valence-electron chi connectivity index (χ4n) is 1.57. The number of esters is 2. The van der Waals surface area contributed by atoms with Crippen LogP contribution in [-0.4, -0.2) is 23.4 Å². The lowest BCUT2D eigenvalue weighted by atomic mass is 10.1. The van der Waals surface area contributed by atoms with Crippen LogP contribution in [0.2, 0.25) is 0 Å². The molecule has 0 aromatic heterocycles. The maximum absolute atomic E-state index is 11.6. The molecule has 0 aliphatic carbocycles. The summed E-state index contributed by atoms with van der Waals surface area (Å²) in [6.45, 7) is 5.14. The number of ether oxygens (including phenoxy) is 2. The van der Waals surface area contributed by atoms with Gasteiger partial charge in [0.2, 0.25) is 5.91 Å². The van der Waals surface area contributed by atoms with Gasteiger partial charge < -0.3 is 9.47 Å². The molecule has 22 heavy (non-hydrogen) atoms. The zero-order chi connectivity index (χ0) is 16.8. The van der Waals surface area contributed by atoms with Gasteiger partial charge in [-0.3, -0.25) is 19.8 Å². The van der Waals surface area contributed by atoms with E-state index in [1.807, 2.05) is 5.43 Å². The van der Waals surface area contributed by atoms with Crippen molar-refractivity contribution in [3.8, 4) is 5.75 Å². The number of nitrogens with one attached hydrogen (secondary N) is 1. The number of benzene rings is 1. The highest BCUT2D eigenvalue weighted by atomic mass is 16.6. The lowest BCUT2D eigenvalue weighted by Crippen LogP contribution is -2.31. The van der Waals surface area contributed by atoms with Crippen molar-refractivity contribution >= 4 is 17.8 Å². The van der Waals surface area contributed by atoms with Gasteiger partial charge in [-0.1, -0.05) is 12.1 Å². The van der Waals surface area contributed by atoms with Gasteiger partial charge in [-0.05, 0) is 38.5 Å². The summed E-state index contributed by atoms with van der Waals surface area (Å²) in [4.78, 5) is 34.2. The fourth-order valence-corrected chi connectivity index (χ4v) is 1.57. The third-order valence-electron chi connectivity index (χ3n) is 2.39. The van der Waals surface area contributed by atoms with Gasteiger partial charge in [0, 0.05) is 0 Å². The van der Waals surface area contributed by atoms with E-state index in [2.05, 4.69) is 0 Å². The molecule has 0 spiro atoms. The zero-order valence-corrected chi connectivity index (χ0v) is 12.8. The molecular formula is C15H20N2O5. The fraction of sp³-hybridized carbons (Fsp3) is 0.400. The van der Waals surface area contributed by atoms with E-state index in [-0.39, 0.29) is 18.1 Å². The first-order valence-corrected chi connectivity index (χ1v) is 6.70. The van der Waals surface area contributed by atoms with Crippen LogP contribution in [-0.2, 0) is 25.5 Å². The molecule has 0 saturated carbocycles. The summed E-state index contributed by atoms with van der Waals surface area (Å²) in [7, 11) is 0. The van der Waals surface area contributed by atoms with E-state index in [9.17, 15) is 14.4 Å². The van der Waals surface area contributed by atoms with Crippen LogP contribution in [0.1, 0.15) is 32.8 Å². The Morgan fingerprint density at radius 2 is 1.68 bits per heavy atom. The van der Waals surface area contributed by atoms with Crippen molar-refractivity contribution in [3.05, 3.63) is 29.8 Å². The molecule has 3 N–H and O–H groups in total. The molecule has 0 saturated heterocycles.